The van der Waals surface area contributed by atoms with Crippen LogP contribution < -0.4 is 4.90 Å². The molecule has 1 N–H and O–H groups in total. The number of aliphatic hydroxyl groups is 1. The second-order valence-electron chi connectivity index (χ2n) is 5.59. The summed E-state index contributed by atoms with van der Waals surface area (Å²) in [5, 5.41) is 19.2. The molecule has 7 heteroatoms. The van der Waals surface area contributed by atoms with E-state index in [0.29, 0.717) is 13.0 Å². The number of aliphatic hydroxyl groups excluding tert-OH is 1. The molecule has 1 atom stereocenters. The van der Waals surface area contributed by atoms with Gasteiger partial charge < -0.3 is 14.7 Å². The average molecular weight is 337 g/mol. The molecular formula is C16H20FN3O2S. The second-order valence-corrected chi connectivity index (χ2v) is 6.63. The monoisotopic (exact) mass is 337 g/mol. The van der Waals surface area contributed by atoms with Crippen molar-refractivity contribution < 1.29 is 14.2 Å². The molecule has 1 aromatic heterocycles. The number of hydrogen-bond acceptors (Lipinski definition) is 6. The third-order valence-electron chi connectivity index (χ3n) is 3.82. The Kier molecular flexibility index (Phi) is 5.53. The molecule has 0 radical (unpaired) electrons. The highest BCUT2D eigenvalue weighted by molar-refractivity contribution is 7.15. The van der Waals surface area contributed by atoms with E-state index in [-0.39, 0.29) is 18.5 Å². The lowest BCUT2D eigenvalue weighted by atomic mass is 10.1. The van der Waals surface area contributed by atoms with E-state index in [9.17, 15) is 4.39 Å². The van der Waals surface area contributed by atoms with Crippen LogP contribution in [0.2, 0.25) is 0 Å². The highest BCUT2D eigenvalue weighted by atomic mass is 32.1. The molecule has 1 saturated heterocycles. The fourth-order valence-electron chi connectivity index (χ4n) is 2.69. The van der Waals surface area contributed by atoms with Crippen LogP contribution in [0.25, 0.3) is 0 Å². The summed E-state index contributed by atoms with van der Waals surface area (Å²) in [5.74, 6) is -0.228. The molecule has 124 valence electrons. The van der Waals surface area contributed by atoms with E-state index in [1.807, 2.05) is 0 Å². The smallest absolute Gasteiger partial charge is 0.208 e. The van der Waals surface area contributed by atoms with Crippen LogP contribution in [0.15, 0.2) is 24.3 Å². The van der Waals surface area contributed by atoms with Crippen molar-refractivity contribution in [3.8, 4) is 0 Å². The van der Waals surface area contributed by atoms with Gasteiger partial charge in [-0.2, -0.15) is 0 Å². The van der Waals surface area contributed by atoms with Crippen molar-refractivity contribution in [2.75, 3.05) is 31.2 Å². The maximum Gasteiger partial charge on any atom is 0.208 e. The zero-order valence-electron chi connectivity index (χ0n) is 12.8. The Labute approximate surface area is 138 Å². The summed E-state index contributed by atoms with van der Waals surface area (Å²) in [6, 6.07) is 6.47. The van der Waals surface area contributed by atoms with Crippen molar-refractivity contribution >= 4 is 16.5 Å². The van der Waals surface area contributed by atoms with Gasteiger partial charge in [-0.1, -0.05) is 23.5 Å². The van der Waals surface area contributed by atoms with Gasteiger partial charge in [-0.3, -0.25) is 0 Å². The molecule has 0 saturated carbocycles. The summed E-state index contributed by atoms with van der Waals surface area (Å²) >= 11 is 1.57. The van der Waals surface area contributed by atoms with Crippen LogP contribution >= 0.6 is 11.3 Å². The Morgan fingerprint density at radius 3 is 2.91 bits per heavy atom. The van der Waals surface area contributed by atoms with Gasteiger partial charge in [0, 0.05) is 19.5 Å². The minimum absolute atomic E-state index is 0.0527. The van der Waals surface area contributed by atoms with Crippen LogP contribution in [0.5, 0.6) is 0 Å². The minimum atomic E-state index is -0.228. The summed E-state index contributed by atoms with van der Waals surface area (Å²) < 4.78 is 18.6. The molecule has 0 spiro atoms. The zero-order chi connectivity index (χ0) is 16.1. The first-order chi connectivity index (χ1) is 11.2. The van der Waals surface area contributed by atoms with E-state index in [0.717, 1.165) is 41.6 Å². The van der Waals surface area contributed by atoms with Crippen molar-refractivity contribution in [3.63, 3.8) is 0 Å². The van der Waals surface area contributed by atoms with Crippen LogP contribution in [0.1, 0.15) is 23.4 Å². The lowest BCUT2D eigenvalue weighted by molar-refractivity contribution is 0.0214. The molecule has 1 aliphatic rings. The van der Waals surface area contributed by atoms with Crippen LogP contribution in [-0.4, -0.2) is 47.7 Å². The number of piperidine rings is 1. The number of aromatic nitrogens is 2. The largest absolute Gasteiger partial charge is 0.394 e. The van der Waals surface area contributed by atoms with E-state index >= 15 is 0 Å². The SMILES string of the molecule is OCCOC1CCCN(c2nnc(Cc3ccc(F)cc3)s2)C1. The first-order valence-corrected chi connectivity index (χ1v) is 8.60. The molecule has 1 unspecified atom stereocenters. The molecule has 1 fully saturated rings. The zero-order valence-corrected chi connectivity index (χ0v) is 13.6. The van der Waals surface area contributed by atoms with Crippen molar-refractivity contribution in [2.45, 2.75) is 25.4 Å². The molecule has 0 aliphatic carbocycles. The van der Waals surface area contributed by atoms with Gasteiger partial charge >= 0.3 is 0 Å². The Bertz CT molecular complexity index is 620. The fourth-order valence-corrected chi connectivity index (χ4v) is 3.60. The van der Waals surface area contributed by atoms with Crippen LogP contribution in [0.3, 0.4) is 0 Å². The summed E-state index contributed by atoms with van der Waals surface area (Å²) in [6.07, 6.45) is 2.86. The number of nitrogens with zero attached hydrogens (tertiary/aromatic N) is 3. The Morgan fingerprint density at radius 1 is 1.30 bits per heavy atom. The normalized spacial score (nSPS) is 18.3. The highest BCUT2D eigenvalue weighted by Crippen LogP contribution is 2.26. The third-order valence-corrected chi connectivity index (χ3v) is 4.80. The summed E-state index contributed by atoms with van der Waals surface area (Å²) in [7, 11) is 0. The maximum absolute atomic E-state index is 12.9. The van der Waals surface area contributed by atoms with Gasteiger partial charge in [0.1, 0.15) is 10.8 Å². The molecule has 2 heterocycles. The molecule has 23 heavy (non-hydrogen) atoms. The number of hydrogen-bond donors (Lipinski definition) is 1. The summed E-state index contributed by atoms with van der Waals surface area (Å²) in [6.45, 7) is 2.16. The van der Waals surface area contributed by atoms with Gasteiger partial charge in [-0.15, -0.1) is 10.2 Å². The van der Waals surface area contributed by atoms with Crippen molar-refractivity contribution in [1.82, 2.24) is 10.2 Å². The van der Waals surface area contributed by atoms with Crippen LogP contribution in [0, 0.1) is 5.82 Å². The second kappa shape index (κ2) is 7.81. The van der Waals surface area contributed by atoms with Crippen LogP contribution in [-0.2, 0) is 11.2 Å². The van der Waals surface area contributed by atoms with E-state index in [1.165, 1.54) is 12.1 Å². The molecule has 2 aromatic rings. The molecule has 0 amide bonds. The minimum Gasteiger partial charge on any atom is -0.394 e. The molecular weight excluding hydrogens is 317 g/mol. The lowest BCUT2D eigenvalue weighted by Crippen LogP contribution is -2.40. The molecule has 1 aliphatic heterocycles. The summed E-state index contributed by atoms with van der Waals surface area (Å²) in [5.41, 5.74) is 1.02. The Balaban J connectivity index is 1.60. The third kappa shape index (κ3) is 4.46. The van der Waals surface area contributed by atoms with Gasteiger partial charge in [0.05, 0.1) is 19.3 Å². The van der Waals surface area contributed by atoms with Crippen molar-refractivity contribution in [3.05, 3.63) is 40.7 Å². The number of benzene rings is 1. The standard InChI is InChI=1S/C16H20FN3O2S/c17-13-5-3-12(4-6-13)10-15-18-19-16(23-15)20-7-1-2-14(11-20)22-9-8-21/h3-6,14,21H,1-2,7-11H2. The average Bonchev–Trinajstić information content (AvgIpc) is 3.04. The van der Waals surface area contributed by atoms with E-state index in [1.54, 1.807) is 23.5 Å². The molecule has 3 rings (SSSR count). The van der Waals surface area contributed by atoms with E-state index in [4.69, 9.17) is 9.84 Å². The number of halogens is 1. The molecule has 0 bridgehead atoms. The number of anilines is 1. The van der Waals surface area contributed by atoms with Gasteiger partial charge in [-0.05, 0) is 30.5 Å². The number of rotatable bonds is 6. The van der Waals surface area contributed by atoms with Crippen molar-refractivity contribution in [1.29, 1.82) is 0 Å². The Hall–Kier alpha value is -1.57. The van der Waals surface area contributed by atoms with Gasteiger partial charge in [-0.25, -0.2) is 4.39 Å². The molecule has 1 aromatic carbocycles. The van der Waals surface area contributed by atoms with E-state index < -0.39 is 0 Å². The quantitative estimate of drug-likeness (QED) is 0.876. The van der Waals surface area contributed by atoms with Gasteiger partial charge in [0.15, 0.2) is 0 Å². The predicted octanol–water partition coefficient (Wildman–Crippen LogP) is 2.25. The fraction of sp³-hybridized carbons (Fsp3) is 0.500. The molecule has 5 nitrogen and oxygen atoms in total. The van der Waals surface area contributed by atoms with Crippen molar-refractivity contribution in [2.24, 2.45) is 0 Å². The Morgan fingerprint density at radius 2 is 2.13 bits per heavy atom. The lowest BCUT2D eigenvalue weighted by Gasteiger charge is -2.31. The van der Waals surface area contributed by atoms with Crippen LogP contribution in [0.4, 0.5) is 9.52 Å². The van der Waals surface area contributed by atoms with Gasteiger partial charge in [0.2, 0.25) is 5.13 Å². The maximum atomic E-state index is 12.9. The summed E-state index contributed by atoms with van der Waals surface area (Å²) in [4.78, 5) is 2.19. The highest BCUT2D eigenvalue weighted by Gasteiger charge is 2.23. The first kappa shape index (κ1) is 16.3. The number of ether oxygens (including phenoxy) is 1. The predicted molar refractivity (Wildman–Crippen MR) is 87.4 cm³/mol. The van der Waals surface area contributed by atoms with Gasteiger partial charge in [0.25, 0.3) is 0 Å². The first-order valence-electron chi connectivity index (χ1n) is 7.79. The van der Waals surface area contributed by atoms with E-state index in [2.05, 4.69) is 15.1 Å². The topological polar surface area (TPSA) is 58.5 Å².